The van der Waals surface area contributed by atoms with E-state index in [0.29, 0.717) is 11.3 Å². The average molecular weight is 228 g/mol. The second kappa shape index (κ2) is 4.66. The van der Waals surface area contributed by atoms with Crippen LogP contribution in [0.2, 0.25) is 0 Å². The Morgan fingerprint density at radius 1 is 1.06 bits per heavy atom. The lowest BCUT2D eigenvalue weighted by molar-refractivity contribution is -0.957. The average Bonchev–Trinajstić information content (AvgIpc) is 1.97. The number of nitrogens with one attached hydrogen (secondary N) is 1. The fourth-order valence-corrected chi connectivity index (χ4v) is 2.90. The van der Waals surface area contributed by atoms with Crippen molar-refractivity contribution in [1.82, 2.24) is 0 Å². The number of aliphatic hydroxyl groups is 1. The van der Waals surface area contributed by atoms with Crippen LogP contribution < -0.4 is 4.90 Å². The molecule has 1 heterocycles. The maximum absolute atomic E-state index is 9.99. The van der Waals surface area contributed by atoms with Crippen LogP contribution in [0.5, 0.6) is 0 Å². The first-order valence-electron chi connectivity index (χ1n) is 6.61. The van der Waals surface area contributed by atoms with Crippen LogP contribution in [0.4, 0.5) is 0 Å². The third kappa shape index (κ3) is 4.42. The molecule has 2 N–H and O–H groups in total. The van der Waals surface area contributed by atoms with Crippen molar-refractivity contribution in [3.63, 3.8) is 0 Å². The molecular formula is C14H30NO+. The van der Waals surface area contributed by atoms with Gasteiger partial charge in [-0.25, -0.2) is 0 Å². The Kier molecular flexibility index (Phi) is 4.07. The van der Waals surface area contributed by atoms with Crippen molar-refractivity contribution in [2.24, 2.45) is 11.3 Å². The summed E-state index contributed by atoms with van der Waals surface area (Å²) in [5, 5.41) is 9.99. The summed E-state index contributed by atoms with van der Waals surface area (Å²) in [6.45, 7) is 15.8. The summed E-state index contributed by atoms with van der Waals surface area (Å²) in [6.07, 6.45) is 2.12. The molecule has 1 saturated heterocycles. The lowest BCUT2D eigenvalue weighted by atomic mass is 9.79. The Labute approximate surface area is 101 Å². The number of hydrogen-bond acceptors (Lipinski definition) is 1. The smallest absolute Gasteiger partial charge is 0.104 e. The summed E-state index contributed by atoms with van der Waals surface area (Å²) < 4.78 is 0. The van der Waals surface area contributed by atoms with Gasteiger partial charge in [-0.05, 0) is 39.0 Å². The minimum absolute atomic E-state index is 0.102. The highest BCUT2D eigenvalue weighted by atomic mass is 16.3. The van der Waals surface area contributed by atoms with E-state index in [-0.39, 0.29) is 11.6 Å². The molecule has 0 aromatic carbocycles. The SMILES string of the molecule is CC(C)(C)C[C@@H]1C[C@@H](O)C[NH+](C(C)(C)C)C1. The zero-order valence-electron chi connectivity index (χ0n) is 11.9. The van der Waals surface area contributed by atoms with Crippen LogP contribution in [0.3, 0.4) is 0 Å². The van der Waals surface area contributed by atoms with E-state index in [1.165, 1.54) is 13.0 Å². The van der Waals surface area contributed by atoms with Crippen LogP contribution in [0.1, 0.15) is 54.4 Å². The first kappa shape index (κ1) is 14.0. The van der Waals surface area contributed by atoms with Crippen molar-refractivity contribution in [3.8, 4) is 0 Å². The molecule has 96 valence electrons. The first-order valence-corrected chi connectivity index (χ1v) is 6.61. The zero-order chi connectivity index (χ0) is 12.6. The van der Waals surface area contributed by atoms with Crippen LogP contribution in [0, 0.1) is 11.3 Å². The molecule has 0 amide bonds. The molecule has 0 bridgehead atoms. The Morgan fingerprint density at radius 3 is 2.06 bits per heavy atom. The van der Waals surface area contributed by atoms with E-state index in [0.717, 1.165) is 13.0 Å². The summed E-state index contributed by atoms with van der Waals surface area (Å²) in [4.78, 5) is 1.56. The van der Waals surface area contributed by atoms with Crippen molar-refractivity contribution in [2.45, 2.75) is 66.0 Å². The van der Waals surface area contributed by atoms with Crippen LogP contribution in [0.15, 0.2) is 0 Å². The van der Waals surface area contributed by atoms with Gasteiger partial charge in [-0.3, -0.25) is 0 Å². The van der Waals surface area contributed by atoms with Crippen LogP contribution in [0.25, 0.3) is 0 Å². The molecule has 16 heavy (non-hydrogen) atoms. The van der Waals surface area contributed by atoms with E-state index >= 15 is 0 Å². The molecule has 1 aliphatic rings. The van der Waals surface area contributed by atoms with Gasteiger partial charge in [0.05, 0.1) is 12.1 Å². The molecule has 2 nitrogen and oxygen atoms in total. The standard InChI is InChI=1S/C14H29NO/c1-13(2,3)8-11-7-12(16)10-15(9-11)14(4,5)6/h11-12,16H,7-10H2,1-6H3/p+1/t11-,12+/m0/s1. The normalized spacial score (nSPS) is 32.8. The van der Waals surface area contributed by atoms with Gasteiger partial charge in [-0.1, -0.05) is 20.8 Å². The van der Waals surface area contributed by atoms with Crippen molar-refractivity contribution in [1.29, 1.82) is 0 Å². The first-order chi connectivity index (χ1) is 7.08. The molecule has 0 aliphatic carbocycles. The van der Waals surface area contributed by atoms with Crippen molar-refractivity contribution < 1.29 is 10.0 Å². The van der Waals surface area contributed by atoms with Gasteiger partial charge < -0.3 is 10.0 Å². The van der Waals surface area contributed by atoms with Gasteiger partial charge in [0, 0.05) is 5.92 Å². The van der Waals surface area contributed by atoms with E-state index in [9.17, 15) is 5.11 Å². The van der Waals surface area contributed by atoms with Crippen molar-refractivity contribution >= 4 is 0 Å². The second-order valence-electron chi connectivity index (χ2n) is 7.78. The van der Waals surface area contributed by atoms with Crippen LogP contribution in [-0.4, -0.2) is 29.8 Å². The van der Waals surface area contributed by atoms with Crippen LogP contribution >= 0.6 is 0 Å². The zero-order valence-corrected chi connectivity index (χ0v) is 11.9. The van der Waals surface area contributed by atoms with E-state index in [2.05, 4.69) is 41.5 Å². The topological polar surface area (TPSA) is 24.7 Å². The summed E-state index contributed by atoms with van der Waals surface area (Å²) in [5.41, 5.74) is 0.641. The Morgan fingerprint density at radius 2 is 1.62 bits per heavy atom. The predicted molar refractivity (Wildman–Crippen MR) is 68.6 cm³/mol. The number of aliphatic hydroxyl groups excluding tert-OH is 1. The van der Waals surface area contributed by atoms with Crippen molar-refractivity contribution in [3.05, 3.63) is 0 Å². The molecule has 0 aromatic heterocycles. The summed E-state index contributed by atoms with van der Waals surface area (Å²) in [6, 6.07) is 0. The molecule has 2 heteroatoms. The number of hydrogen-bond donors (Lipinski definition) is 2. The third-order valence-corrected chi connectivity index (χ3v) is 3.58. The molecule has 0 spiro atoms. The highest BCUT2D eigenvalue weighted by molar-refractivity contribution is 4.76. The third-order valence-electron chi connectivity index (χ3n) is 3.58. The number of rotatable bonds is 1. The van der Waals surface area contributed by atoms with Gasteiger partial charge in [0.15, 0.2) is 0 Å². The Balaban J connectivity index is 2.61. The number of likely N-dealkylation sites (tertiary alicyclic amines) is 1. The minimum atomic E-state index is -0.102. The maximum Gasteiger partial charge on any atom is 0.104 e. The fraction of sp³-hybridized carbons (Fsp3) is 1.00. The molecule has 1 rings (SSSR count). The summed E-state index contributed by atoms with van der Waals surface area (Å²) in [7, 11) is 0. The van der Waals surface area contributed by atoms with Crippen molar-refractivity contribution in [2.75, 3.05) is 13.1 Å². The van der Waals surface area contributed by atoms with E-state index in [1.54, 1.807) is 4.90 Å². The van der Waals surface area contributed by atoms with Gasteiger partial charge in [0.25, 0.3) is 0 Å². The summed E-state index contributed by atoms with van der Waals surface area (Å²) in [5.74, 6) is 0.679. The van der Waals surface area contributed by atoms with Gasteiger partial charge in [0.1, 0.15) is 12.6 Å². The van der Waals surface area contributed by atoms with E-state index < -0.39 is 0 Å². The second-order valence-corrected chi connectivity index (χ2v) is 7.78. The number of quaternary nitrogens is 1. The fourth-order valence-electron chi connectivity index (χ4n) is 2.90. The van der Waals surface area contributed by atoms with Gasteiger partial charge in [-0.15, -0.1) is 0 Å². The van der Waals surface area contributed by atoms with E-state index in [4.69, 9.17) is 0 Å². The molecule has 1 unspecified atom stereocenters. The largest absolute Gasteiger partial charge is 0.387 e. The van der Waals surface area contributed by atoms with Gasteiger partial charge in [0.2, 0.25) is 0 Å². The molecule has 1 fully saturated rings. The minimum Gasteiger partial charge on any atom is -0.387 e. The monoisotopic (exact) mass is 228 g/mol. The molecule has 0 radical (unpaired) electrons. The number of piperidine rings is 1. The lowest BCUT2D eigenvalue weighted by Crippen LogP contribution is -3.21. The summed E-state index contributed by atoms with van der Waals surface area (Å²) >= 11 is 0. The molecule has 0 saturated carbocycles. The molecular weight excluding hydrogens is 198 g/mol. The van der Waals surface area contributed by atoms with Gasteiger partial charge in [-0.2, -0.15) is 0 Å². The predicted octanol–water partition coefficient (Wildman–Crippen LogP) is 1.49. The van der Waals surface area contributed by atoms with E-state index in [1.807, 2.05) is 0 Å². The molecule has 1 aliphatic heterocycles. The highest BCUT2D eigenvalue weighted by Crippen LogP contribution is 2.27. The maximum atomic E-state index is 9.99. The molecule has 0 aromatic rings. The Hall–Kier alpha value is -0.0800. The van der Waals surface area contributed by atoms with Gasteiger partial charge >= 0.3 is 0 Å². The highest BCUT2D eigenvalue weighted by Gasteiger charge is 2.36. The Bertz CT molecular complexity index is 224. The quantitative estimate of drug-likeness (QED) is 0.698. The van der Waals surface area contributed by atoms with Crippen LogP contribution in [-0.2, 0) is 0 Å². The molecule has 3 atom stereocenters. The lowest BCUT2D eigenvalue weighted by Gasteiger charge is -2.41.